The molecule has 1 N–H and O–H groups in total. The summed E-state index contributed by atoms with van der Waals surface area (Å²) in [5.74, 6) is -0.344. The molecular weight excluding hydrogens is 268 g/mol. The highest BCUT2D eigenvalue weighted by atomic mass is 16.5. The molecule has 21 heavy (non-hydrogen) atoms. The molecule has 1 aromatic rings. The van der Waals surface area contributed by atoms with E-state index >= 15 is 0 Å². The summed E-state index contributed by atoms with van der Waals surface area (Å²) < 4.78 is 4.79. The van der Waals surface area contributed by atoms with Gasteiger partial charge in [0.05, 0.1) is 19.6 Å². The number of hydrogen-bond acceptors (Lipinski definition) is 4. The van der Waals surface area contributed by atoms with Crippen molar-refractivity contribution in [3.05, 3.63) is 29.8 Å². The van der Waals surface area contributed by atoms with Gasteiger partial charge in [0, 0.05) is 12.2 Å². The average Bonchev–Trinajstić information content (AvgIpc) is 2.49. The van der Waals surface area contributed by atoms with E-state index in [0.29, 0.717) is 13.1 Å². The first-order valence-corrected chi connectivity index (χ1v) is 7.26. The molecule has 0 spiro atoms. The van der Waals surface area contributed by atoms with E-state index in [0.717, 1.165) is 30.6 Å². The van der Waals surface area contributed by atoms with E-state index in [2.05, 4.69) is 5.32 Å². The molecule has 0 aliphatic carbocycles. The van der Waals surface area contributed by atoms with Crippen LogP contribution in [0, 0.1) is 12.8 Å². The van der Waals surface area contributed by atoms with Gasteiger partial charge in [0.1, 0.15) is 0 Å². The van der Waals surface area contributed by atoms with Crippen molar-refractivity contribution >= 4 is 17.6 Å². The number of methoxy groups -OCH3 is 1. The zero-order valence-corrected chi connectivity index (χ0v) is 12.6. The van der Waals surface area contributed by atoms with Crippen molar-refractivity contribution < 1.29 is 14.3 Å². The van der Waals surface area contributed by atoms with Gasteiger partial charge in [-0.3, -0.25) is 14.5 Å². The summed E-state index contributed by atoms with van der Waals surface area (Å²) in [4.78, 5) is 25.7. The summed E-state index contributed by atoms with van der Waals surface area (Å²) in [5, 5.41) is 2.92. The van der Waals surface area contributed by atoms with Crippen molar-refractivity contribution in [3.8, 4) is 0 Å². The Labute approximate surface area is 125 Å². The maximum Gasteiger partial charge on any atom is 0.309 e. The number of esters is 1. The van der Waals surface area contributed by atoms with Gasteiger partial charge in [0.25, 0.3) is 0 Å². The topological polar surface area (TPSA) is 58.6 Å². The predicted octanol–water partition coefficient (Wildman–Crippen LogP) is 1.82. The van der Waals surface area contributed by atoms with Crippen molar-refractivity contribution in [2.45, 2.75) is 19.8 Å². The fourth-order valence-electron chi connectivity index (χ4n) is 2.66. The van der Waals surface area contributed by atoms with E-state index in [1.54, 1.807) is 0 Å². The molecule has 1 fully saturated rings. The number of nitrogens with one attached hydrogen (secondary N) is 1. The molecule has 2 rings (SSSR count). The lowest BCUT2D eigenvalue weighted by Crippen LogP contribution is -2.42. The number of rotatable bonds is 4. The minimum atomic E-state index is -0.181. The normalized spacial score (nSPS) is 19.0. The summed E-state index contributed by atoms with van der Waals surface area (Å²) in [6.07, 6.45) is 1.75. The largest absolute Gasteiger partial charge is 0.469 e. The predicted molar refractivity (Wildman–Crippen MR) is 81.0 cm³/mol. The molecule has 1 amide bonds. The van der Waals surface area contributed by atoms with Crippen LogP contribution in [0.25, 0.3) is 0 Å². The molecule has 0 saturated carbocycles. The second-order valence-corrected chi connectivity index (χ2v) is 5.46. The van der Waals surface area contributed by atoms with Gasteiger partial charge in [-0.15, -0.1) is 0 Å². The zero-order valence-electron chi connectivity index (χ0n) is 12.6. The van der Waals surface area contributed by atoms with Gasteiger partial charge in [-0.05, 0) is 37.9 Å². The molecule has 1 aromatic carbocycles. The summed E-state index contributed by atoms with van der Waals surface area (Å²) >= 11 is 0. The fraction of sp³-hybridized carbons (Fsp3) is 0.500. The van der Waals surface area contributed by atoms with Crippen molar-refractivity contribution in [1.29, 1.82) is 0 Å². The molecular formula is C16H22N2O3. The van der Waals surface area contributed by atoms with Crippen LogP contribution in [0.15, 0.2) is 24.3 Å². The van der Waals surface area contributed by atoms with Crippen LogP contribution in [0.5, 0.6) is 0 Å². The van der Waals surface area contributed by atoms with E-state index in [4.69, 9.17) is 4.74 Å². The lowest BCUT2D eigenvalue weighted by molar-refractivity contribution is -0.147. The Morgan fingerprint density at radius 3 is 2.86 bits per heavy atom. The monoisotopic (exact) mass is 290 g/mol. The maximum absolute atomic E-state index is 12.1. The minimum Gasteiger partial charge on any atom is -0.469 e. The standard InChI is InChI=1S/C16H22N2O3/c1-12-6-3-4-8-14(12)17-15(19)11-18-9-5-7-13(10-18)16(20)21-2/h3-4,6,8,13H,5,7,9-11H2,1-2H3,(H,17,19). The highest BCUT2D eigenvalue weighted by Crippen LogP contribution is 2.18. The Morgan fingerprint density at radius 2 is 2.14 bits per heavy atom. The van der Waals surface area contributed by atoms with Crippen molar-refractivity contribution in [3.63, 3.8) is 0 Å². The van der Waals surface area contributed by atoms with Gasteiger partial charge in [-0.25, -0.2) is 0 Å². The number of anilines is 1. The van der Waals surface area contributed by atoms with Gasteiger partial charge in [0.15, 0.2) is 0 Å². The van der Waals surface area contributed by atoms with Crippen LogP contribution < -0.4 is 5.32 Å². The number of likely N-dealkylation sites (tertiary alicyclic amines) is 1. The highest BCUT2D eigenvalue weighted by Gasteiger charge is 2.27. The number of piperidine rings is 1. The molecule has 5 nitrogen and oxygen atoms in total. The number of nitrogens with zero attached hydrogens (tertiary/aromatic N) is 1. The Hall–Kier alpha value is -1.88. The maximum atomic E-state index is 12.1. The van der Waals surface area contributed by atoms with Crippen molar-refractivity contribution in [2.75, 3.05) is 32.1 Å². The third-order valence-electron chi connectivity index (χ3n) is 3.83. The summed E-state index contributed by atoms with van der Waals surface area (Å²) in [7, 11) is 1.41. The number of amides is 1. The number of benzene rings is 1. The lowest BCUT2D eigenvalue weighted by atomic mass is 9.98. The first-order valence-electron chi connectivity index (χ1n) is 7.26. The van der Waals surface area contributed by atoms with E-state index in [1.165, 1.54) is 7.11 Å². The average molecular weight is 290 g/mol. The van der Waals surface area contributed by atoms with Crippen LogP contribution >= 0.6 is 0 Å². The smallest absolute Gasteiger partial charge is 0.309 e. The van der Waals surface area contributed by atoms with Crippen LogP contribution in [0.4, 0.5) is 5.69 Å². The lowest BCUT2D eigenvalue weighted by Gasteiger charge is -2.30. The van der Waals surface area contributed by atoms with E-state index in [-0.39, 0.29) is 17.8 Å². The molecule has 1 aliphatic rings. The van der Waals surface area contributed by atoms with Gasteiger partial charge in [-0.2, -0.15) is 0 Å². The molecule has 5 heteroatoms. The first-order chi connectivity index (χ1) is 10.1. The van der Waals surface area contributed by atoms with Crippen LogP contribution in [0.2, 0.25) is 0 Å². The molecule has 1 heterocycles. The van der Waals surface area contributed by atoms with Crippen LogP contribution in [0.1, 0.15) is 18.4 Å². The minimum absolute atomic E-state index is 0.0465. The molecule has 1 aliphatic heterocycles. The Balaban J connectivity index is 1.88. The zero-order chi connectivity index (χ0) is 15.2. The van der Waals surface area contributed by atoms with Crippen molar-refractivity contribution in [1.82, 2.24) is 4.90 Å². The van der Waals surface area contributed by atoms with Crippen LogP contribution in [-0.2, 0) is 14.3 Å². The van der Waals surface area contributed by atoms with Crippen molar-refractivity contribution in [2.24, 2.45) is 5.92 Å². The quantitative estimate of drug-likeness (QED) is 0.859. The second-order valence-electron chi connectivity index (χ2n) is 5.46. The van der Waals surface area contributed by atoms with E-state index in [9.17, 15) is 9.59 Å². The van der Waals surface area contributed by atoms with Gasteiger partial charge < -0.3 is 10.1 Å². The number of carbonyl (C=O) groups is 2. The fourth-order valence-corrected chi connectivity index (χ4v) is 2.66. The summed E-state index contributed by atoms with van der Waals surface area (Å²) in [6, 6.07) is 7.69. The summed E-state index contributed by atoms with van der Waals surface area (Å²) in [5.41, 5.74) is 1.88. The number of aryl methyl sites for hydroxylation is 1. The number of hydrogen-bond donors (Lipinski definition) is 1. The van der Waals surface area contributed by atoms with Crippen LogP contribution in [-0.4, -0.2) is 43.5 Å². The number of ether oxygens (including phenoxy) is 1. The van der Waals surface area contributed by atoms with Gasteiger partial charge in [0.2, 0.25) is 5.91 Å². The first kappa shape index (κ1) is 15.5. The molecule has 1 saturated heterocycles. The highest BCUT2D eigenvalue weighted by molar-refractivity contribution is 5.93. The second kappa shape index (κ2) is 7.22. The molecule has 114 valence electrons. The van der Waals surface area contributed by atoms with Gasteiger partial charge >= 0.3 is 5.97 Å². The SMILES string of the molecule is COC(=O)C1CCCN(CC(=O)Nc2ccccc2C)C1. The third kappa shape index (κ3) is 4.29. The molecule has 0 radical (unpaired) electrons. The number of carbonyl (C=O) groups excluding carboxylic acids is 2. The van der Waals surface area contributed by atoms with E-state index in [1.807, 2.05) is 36.1 Å². The Kier molecular flexibility index (Phi) is 5.33. The van der Waals surface area contributed by atoms with Gasteiger partial charge in [-0.1, -0.05) is 18.2 Å². The summed E-state index contributed by atoms with van der Waals surface area (Å²) in [6.45, 7) is 3.70. The van der Waals surface area contributed by atoms with Crippen LogP contribution in [0.3, 0.4) is 0 Å². The van der Waals surface area contributed by atoms with E-state index < -0.39 is 0 Å². The number of para-hydroxylation sites is 1. The molecule has 0 bridgehead atoms. The molecule has 0 aromatic heterocycles. The Bertz CT molecular complexity index is 516. The Morgan fingerprint density at radius 1 is 1.38 bits per heavy atom. The molecule has 1 atom stereocenters. The molecule has 1 unspecified atom stereocenters. The third-order valence-corrected chi connectivity index (χ3v) is 3.83.